The smallest absolute Gasteiger partial charge is 0.417 e. The summed E-state index contributed by atoms with van der Waals surface area (Å²) in [5.41, 5.74) is -0.175. The van der Waals surface area contributed by atoms with Crippen LogP contribution in [-0.4, -0.2) is 43.3 Å². The fourth-order valence-corrected chi connectivity index (χ4v) is 4.17. The summed E-state index contributed by atoms with van der Waals surface area (Å²) in [5, 5.41) is 10.7. The summed E-state index contributed by atoms with van der Waals surface area (Å²) >= 11 is 5.67. The van der Waals surface area contributed by atoms with Gasteiger partial charge in [0.25, 0.3) is 0 Å². The summed E-state index contributed by atoms with van der Waals surface area (Å²) in [5.74, 6) is -0.802. The Labute approximate surface area is 216 Å². The Morgan fingerprint density at radius 1 is 1.32 bits per heavy atom. The van der Waals surface area contributed by atoms with Crippen molar-refractivity contribution in [1.29, 1.82) is 0 Å². The Morgan fingerprint density at radius 3 is 2.76 bits per heavy atom. The first-order chi connectivity index (χ1) is 17.6. The molecule has 0 amide bonds. The fourth-order valence-electron chi connectivity index (χ4n) is 3.05. The fraction of sp³-hybridized carbons (Fsp3) is 0.227. The molecule has 0 saturated heterocycles. The van der Waals surface area contributed by atoms with Crippen LogP contribution in [0.3, 0.4) is 0 Å². The van der Waals surface area contributed by atoms with Gasteiger partial charge in [0.1, 0.15) is 22.9 Å². The van der Waals surface area contributed by atoms with Crippen molar-refractivity contribution in [2.24, 2.45) is 5.16 Å². The highest BCUT2D eigenvalue weighted by atomic mass is 35.5. The summed E-state index contributed by atoms with van der Waals surface area (Å²) < 4.78 is 61.9. The minimum Gasteiger partial charge on any atom is -0.460 e. The molecule has 0 spiro atoms. The molecule has 196 valence electrons. The summed E-state index contributed by atoms with van der Waals surface area (Å²) in [6.07, 6.45) is -0.514. The number of benzene rings is 1. The highest BCUT2D eigenvalue weighted by Crippen LogP contribution is 2.36. The second-order valence-electron chi connectivity index (χ2n) is 7.20. The Kier molecular flexibility index (Phi) is 8.99. The predicted octanol–water partition coefficient (Wildman–Crippen LogP) is 4.78. The zero-order valence-corrected chi connectivity index (χ0v) is 21.0. The molecule has 2 heterocycles. The number of allylic oxidation sites excluding steroid dienone is 1. The van der Waals surface area contributed by atoms with Gasteiger partial charge in [-0.2, -0.15) is 13.2 Å². The molecule has 1 N–H and O–H groups in total. The first-order valence-electron chi connectivity index (χ1n) is 10.5. The topological polar surface area (TPSA) is 121 Å². The number of carbonyl (C=O) groups is 1. The van der Waals surface area contributed by atoms with E-state index in [4.69, 9.17) is 21.2 Å². The number of aromatic nitrogens is 4. The van der Waals surface area contributed by atoms with E-state index in [1.165, 1.54) is 29.2 Å². The van der Waals surface area contributed by atoms with Gasteiger partial charge in [-0.05, 0) is 49.8 Å². The number of rotatable bonds is 10. The molecule has 0 fully saturated rings. The molecule has 37 heavy (non-hydrogen) atoms. The van der Waals surface area contributed by atoms with Crippen LogP contribution in [0.4, 0.5) is 18.9 Å². The van der Waals surface area contributed by atoms with E-state index in [1.807, 2.05) is 0 Å². The van der Waals surface area contributed by atoms with E-state index >= 15 is 0 Å². The van der Waals surface area contributed by atoms with Crippen molar-refractivity contribution in [2.45, 2.75) is 31.5 Å². The van der Waals surface area contributed by atoms with Crippen molar-refractivity contribution in [3.8, 4) is 11.5 Å². The SMILES string of the molecule is C=NO/C=C\Cn1c(C(=O)OCC)nnc1-c1ncc(C)cc1NS(=O)c1ccc(Cl)c(C(F)(F)F)c1. The third-order valence-corrected chi connectivity index (χ3v) is 6.04. The average molecular weight is 557 g/mol. The van der Waals surface area contributed by atoms with Crippen LogP contribution in [-0.2, 0) is 33.3 Å². The molecule has 1 atom stereocenters. The van der Waals surface area contributed by atoms with Crippen LogP contribution in [0.2, 0.25) is 5.02 Å². The zero-order chi connectivity index (χ0) is 27.2. The van der Waals surface area contributed by atoms with Crippen molar-refractivity contribution in [3.05, 3.63) is 64.8 Å². The molecule has 3 aromatic rings. The lowest BCUT2D eigenvalue weighted by molar-refractivity contribution is -0.137. The average Bonchev–Trinajstić information content (AvgIpc) is 3.25. The van der Waals surface area contributed by atoms with Gasteiger partial charge in [0, 0.05) is 19.5 Å². The van der Waals surface area contributed by atoms with E-state index < -0.39 is 33.7 Å². The number of anilines is 1. The molecule has 1 aromatic carbocycles. The number of nitrogens with zero attached hydrogens (tertiary/aromatic N) is 5. The van der Waals surface area contributed by atoms with Crippen LogP contribution in [0.5, 0.6) is 0 Å². The maximum atomic E-state index is 13.3. The van der Waals surface area contributed by atoms with Crippen molar-refractivity contribution in [1.82, 2.24) is 19.7 Å². The predicted molar refractivity (Wildman–Crippen MR) is 130 cm³/mol. The summed E-state index contributed by atoms with van der Waals surface area (Å²) in [6, 6.07) is 4.51. The summed E-state index contributed by atoms with van der Waals surface area (Å²) in [6.45, 7) is 6.64. The third-order valence-electron chi connectivity index (χ3n) is 4.62. The van der Waals surface area contributed by atoms with E-state index in [9.17, 15) is 22.2 Å². The molecule has 0 aliphatic carbocycles. The molecular weight excluding hydrogens is 537 g/mol. The van der Waals surface area contributed by atoms with E-state index in [0.717, 1.165) is 6.07 Å². The van der Waals surface area contributed by atoms with Crippen molar-refractivity contribution < 1.29 is 31.7 Å². The van der Waals surface area contributed by atoms with Gasteiger partial charge < -0.3 is 9.57 Å². The number of halogens is 4. The van der Waals surface area contributed by atoms with E-state index in [1.54, 1.807) is 19.9 Å². The molecular formula is C22H20ClF3N6O4S. The summed E-state index contributed by atoms with van der Waals surface area (Å²) in [4.78, 5) is 21.3. The van der Waals surface area contributed by atoms with Gasteiger partial charge in [0.05, 0.1) is 27.8 Å². The number of esters is 1. The number of hydrogen-bond acceptors (Lipinski definition) is 8. The molecule has 15 heteroatoms. The van der Waals surface area contributed by atoms with Crippen LogP contribution in [0.15, 0.2) is 52.9 Å². The van der Waals surface area contributed by atoms with E-state index in [-0.39, 0.29) is 41.1 Å². The van der Waals surface area contributed by atoms with Gasteiger partial charge in [-0.25, -0.2) is 9.00 Å². The largest absolute Gasteiger partial charge is 0.460 e. The molecule has 0 saturated carbocycles. The molecule has 10 nitrogen and oxygen atoms in total. The highest BCUT2D eigenvalue weighted by molar-refractivity contribution is 7.86. The molecule has 0 aliphatic rings. The number of hydrogen-bond donors (Lipinski definition) is 1. The second kappa shape index (κ2) is 12.0. The van der Waals surface area contributed by atoms with E-state index in [0.29, 0.717) is 11.6 Å². The Morgan fingerprint density at radius 2 is 2.08 bits per heavy atom. The minimum absolute atomic E-state index is 0.0240. The zero-order valence-electron chi connectivity index (χ0n) is 19.5. The van der Waals surface area contributed by atoms with Gasteiger partial charge in [-0.3, -0.25) is 14.3 Å². The van der Waals surface area contributed by atoms with Gasteiger partial charge >= 0.3 is 12.1 Å². The molecule has 2 aromatic heterocycles. The third kappa shape index (κ3) is 6.71. The number of alkyl halides is 3. The normalized spacial score (nSPS) is 12.4. The molecule has 0 aliphatic heterocycles. The molecule has 1 unspecified atom stereocenters. The first-order valence-corrected chi connectivity index (χ1v) is 12.0. The van der Waals surface area contributed by atoms with Gasteiger partial charge in [-0.1, -0.05) is 16.8 Å². The van der Waals surface area contributed by atoms with Crippen LogP contribution in [0, 0.1) is 6.92 Å². The quantitative estimate of drug-likeness (QED) is 0.165. The highest BCUT2D eigenvalue weighted by Gasteiger charge is 2.34. The summed E-state index contributed by atoms with van der Waals surface area (Å²) in [7, 11) is -2.15. The standard InChI is InChI=1S/C22H20ClF3N6O4S/c1-4-35-21(33)20-30-29-19(32(20)8-5-9-36-27-3)18-17(10-13(2)12-28-18)31-37(34)14-6-7-16(23)15(11-14)22(24,25)26/h5-7,9-12,31H,3-4,8H2,1-2H3/b9-5-. The Hall–Kier alpha value is -3.78. The van der Waals surface area contributed by atoms with Gasteiger partial charge in [0.2, 0.25) is 5.82 Å². The lowest BCUT2D eigenvalue weighted by Crippen LogP contribution is -2.15. The molecule has 0 bridgehead atoms. The maximum Gasteiger partial charge on any atom is 0.417 e. The Balaban J connectivity index is 2.05. The number of aryl methyl sites for hydroxylation is 1. The van der Waals surface area contributed by atoms with Crippen molar-refractivity contribution in [3.63, 3.8) is 0 Å². The van der Waals surface area contributed by atoms with Crippen LogP contribution in [0.1, 0.15) is 28.7 Å². The molecule has 0 radical (unpaired) electrons. The van der Waals surface area contributed by atoms with Crippen molar-refractivity contribution >= 4 is 41.0 Å². The number of oxime groups is 1. The van der Waals surface area contributed by atoms with Gasteiger partial charge in [0.15, 0.2) is 5.82 Å². The minimum atomic E-state index is -4.73. The first kappa shape index (κ1) is 27.8. The number of carbonyl (C=O) groups excluding carboxylic acids is 1. The number of nitrogens with one attached hydrogen (secondary N) is 1. The molecule has 3 rings (SSSR count). The lowest BCUT2D eigenvalue weighted by atomic mass is 10.2. The van der Waals surface area contributed by atoms with Crippen LogP contribution < -0.4 is 4.72 Å². The lowest BCUT2D eigenvalue weighted by Gasteiger charge is -2.14. The van der Waals surface area contributed by atoms with Crippen molar-refractivity contribution in [2.75, 3.05) is 11.3 Å². The second-order valence-corrected chi connectivity index (χ2v) is 8.82. The van der Waals surface area contributed by atoms with Gasteiger partial charge in [-0.15, -0.1) is 10.2 Å². The van der Waals surface area contributed by atoms with E-state index in [2.05, 4.69) is 31.8 Å². The number of pyridine rings is 1. The monoisotopic (exact) mass is 556 g/mol. The Bertz CT molecular complexity index is 1360. The maximum absolute atomic E-state index is 13.3. The van der Waals surface area contributed by atoms with Crippen LogP contribution in [0.25, 0.3) is 11.5 Å². The van der Waals surface area contributed by atoms with Crippen LogP contribution >= 0.6 is 11.6 Å². The number of ether oxygens (including phenoxy) is 1.